The van der Waals surface area contributed by atoms with Crippen LogP contribution in [0.4, 0.5) is 5.69 Å². The molecule has 18 heavy (non-hydrogen) atoms. The molecule has 1 aromatic heterocycles. The van der Waals surface area contributed by atoms with Gasteiger partial charge in [-0.2, -0.15) is 0 Å². The predicted octanol–water partition coefficient (Wildman–Crippen LogP) is 1.82. The van der Waals surface area contributed by atoms with Gasteiger partial charge in [0.15, 0.2) is 0 Å². The third-order valence-corrected chi connectivity index (χ3v) is 3.20. The van der Waals surface area contributed by atoms with Gasteiger partial charge in [0, 0.05) is 18.8 Å². The molecule has 0 saturated carbocycles. The zero-order valence-corrected chi connectivity index (χ0v) is 10.0. The molecule has 3 rings (SSSR count). The SMILES string of the molecule is NC1CC(c2cccnc2)N(c2ccccc2)N1. The van der Waals surface area contributed by atoms with E-state index >= 15 is 0 Å². The topological polar surface area (TPSA) is 54.2 Å². The highest BCUT2D eigenvalue weighted by molar-refractivity contribution is 5.48. The number of nitrogens with zero attached hydrogens (tertiary/aromatic N) is 2. The normalized spacial score (nSPS) is 23.3. The van der Waals surface area contributed by atoms with Gasteiger partial charge in [0.25, 0.3) is 0 Å². The maximum absolute atomic E-state index is 6.02. The Morgan fingerprint density at radius 3 is 2.72 bits per heavy atom. The number of pyridine rings is 1. The number of anilines is 1. The minimum Gasteiger partial charge on any atom is -0.314 e. The van der Waals surface area contributed by atoms with Gasteiger partial charge in [-0.25, -0.2) is 5.43 Å². The van der Waals surface area contributed by atoms with Crippen LogP contribution in [0.1, 0.15) is 18.0 Å². The van der Waals surface area contributed by atoms with Crippen LogP contribution in [0.5, 0.6) is 0 Å². The van der Waals surface area contributed by atoms with E-state index in [-0.39, 0.29) is 12.2 Å². The molecule has 2 unspecified atom stereocenters. The van der Waals surface area contributed by atoms with Gasteiger partial charge in [0.2, 0.25) is 0 Å². The highest BCUT2D eigenvalue weighted by Crippen LogP contribution is 2.32. The van der Waals surface area contributed by atoms with E-state index in [1.807, 2.05) is 30.5 Å². The van der Waals surface area contributed by atoms with Crippen molar-refractivity contribution in [3.63, 3.8) is 0 Å². The van der Waals surface area contributed by atoms with E-state index in [2.05, 4.69) is 33.6 Å². The number of para-hydroxylation sites is 1. The van der Waals surface area contributed by atoms with Gasteiger partial charge >= 0.3 is 0 Å². The number of benzene rings is 1. The van der Waals surface area contributed by atoms with E-state index in [4.69, 9.17) is 5.73 Å². The van der Waals surface area contributed by atoms with Crippen LogP contribution in [0.25, 0.3) is 0 Å². The van der Waals surface area contributed by atoms with Crippen LogP contribution in [-0.4, -0.2) is 11.1 Å². The van der Waals surface area contributed by atoms with Gasteiger partial charge in [-0.1, -0.05) is 24.3 Å². The smallest absolute Gasteiger partial charge is 0.0751 e. The Hall–Kier alpha value is -1.91. The van der Waals surface area contributed by atoms with E-state index in [1.54, 1.807) is 6.20 Å². The molecule has 4 heteroatoms. The molecule has 0 bridgehead atoms. The molecule has 4 nitrogen and oxygen atoms in total. The number of hydrazine groups is 1. The number of hydrogen-bond acceptors (Lipinski definition) is 4. The molecule has 0 amide bonds. The van der Waals surface area contributed by atoms with Crippen LogP contribution < -0.4 is 16.2 Å². The molecule has 1 aliphatic rings. The van der Waals surface area contributed by atoms with Crippen molar-refractivity contribution in [3.05, 3.63) is 60.4 Å². The molecule has 92 valence electrons. The first-order valence-electron chi connectivity index (χ1n) is 6.10. The fourth-order valence-electron chi connectivity index (χ4n) is 2.37. The molecule has 1 aromatic carbocycles. The van der Waals surface area contributed by atoms with Gasteiger partial charge < -0.3 is 5.73 Å². The second-order valence-electron chi connectivity index (χ2n) is 4.48. The van der Waals surface area contributed by atoms with Crippen LogP contribution >= 0.6 is 0 Å². The summed E-state index contributed by atoms with van der Waals surface area (Å²) in [5.74, 6) is 0. The van der Waals surface area contributed by atoms with Crippen molar-refractivity contribution in [1.82, 2.24) is 10.4 Å². The molecule has 1 aliphatic heterocycles. The molecule has 3 N–H and O–H groups in total. The first-order valence-corrected chi connectivity index (χ1v) is 6.10. The monoisotopic (exact) mass is 240 g/mol. The minimum absolute atomic E-state index is 0.0181. The number of hydrogen-bond donors (Lipinski definition) is 2. The standard InChI is InChI=1S/C14H16N4/c15-14-9-13(11-5-4-8-16-10-11)18(17-14)12-6-2-1-3-7-12/h1-8,10,13-14,17H,9,15H2. The van der Waals surface area contributed by atoms with Gasteiger partial charge in [0.1, 0.15) is 0 Å². The Kier molecular flexibility index (Phi) is 2.96. The number of nitrogens with two attached hydrogens (primary N) is 1. The Bertz CT molecular complexity index is 452. The Morgan fingerprint density at radius 2 is 2.00 bits per heavy atom. The van der Waals surface area contributed by atoms with Gasteiger partial charge in [-0.15, -0.1) is 0 Å². The fourth-order valence-corrected chi connectivity index (χ4v) is 2.37. The lowest BCUT2D eigenvalue weighted by Crippen LogP contribution is -2.40. The lowest BCUT2D eigenvalue weighted by molar-refractivity contribution is 0.616. The van der Waals surface area contributed by atoms with Crippen LogP contribution in [0.15, 0.2) is 54.9 Å². The predicted molar refractivity (Wildman–Crippen MR) is 71.6 cm³/mol. The largest absolute Gasteiger partial charge is 0.314 e. The molecule has 2 heterocycles. The molecule has 1 fully saturated rings. The van der Waals surface area contributed by atoms with Crippen molar-refractivity contribution in [2.75, 3.05) is 5.01 Å². The van der Waals surface area contributed by atoms with Crippen LogP contribution in [0.3, 0.4) is 0 Å². The molecule has 0 spiro atoms. The van der Waals surface area contributed by atoms with E-state index in [1.165, 1.54) is 5.56 Å². The number of rotatable bonds is 2. The van der Waals surface area contributed by atoms with Crippen molar-refractivity contribution in [2.45, 2.75) is 18.6 Å². The average molecular weight is 240 g/mol. The summed E-state index contributed by atoms with van der Waals surface area (Å²) in [6, 6.07) is 14.5. The third kappa shape index (κ3) is 2.08. The van der Waals surface area contributed by atoms with Crippen LogP contribution in [0.2, 0.25) is 0 Å². The van der Waals surface area contributed by atoms with Gasteiger partial charge in [0.05, 0.1) is 17.9 Å². The summed E-state index contributed by atoms with van der Waals surface area (Å²) in [7, 11) is 0. The summed E-state index contributed by atoms with van der Waals surface area (Å²) >= 11 is 0. The maximum atomic E-state index is 6.02. The highest BCUT2D eigenvalue weighted by atomic mass is 15.6. The number of aromatic nitrogens is 1. The molecular weight excluding hydrogens is 224 g/mol. The second kappa shape index (κ2) is 4.76. The van der Waals surface area contributed by atoms with E-state index < -0.39 is 0 Å². The maximum Gasteiger partial charge on any atom is 0.0751 e. The zero-order valence-electron chi connectivity index (χ0n) is 10.0. The Balaban J connectivity index is 1.93. The Labute approximate surface area is 106 Å². The average Bonchev–Trinajstić information content (AvgIpc) is 2.83. The first-order chi connectivity index (χ1) is 8.84. The lowest BCUT2D eigenvalue weighted by atomic mass is 10.1. The third-order valence-electron chi connectivity index (χ3n) is 3.20. The zero-order chi connectivity index (χ0) is 12.4. The molecule has 2 atom stereocenters. The first kappa shape index (κ1) is 11.2. The van der Waals surface area contributed by atoms with Crippen LogP contribution in [-0.2, 0) is 0 Å². The quantitative estimate of drug-likeness (QED) is 0.840. The van der Waals surface area contributed by atoms with Crippen LogP contribution in [0, 0.1) is 0 Å². The van der Waals surface area contributed by atoms with E-state index in [9.17, 15) is 0 Å². The summed E-state index contributed by atoms with van der Waals surface area (Å²) < 4.78 is 0. The molecule has 0 radical (unpaired) electrons. The fraction of sp³-hybridized carbons (Fsp3) is 0.214. The Morgan fingerprint density at radius 1 is 1.17 bits per heavy atom. The molecule has 1 saturated heterocycles. The van der Waals surface area contributed by atoms with Crippen molar-refractivity contribution in [2.24, 2.45) is 5.73 Å². The van der Waals surface area contributed by atoms with Crippen molar-refractivity contribution in [3.8, 4) is 0 Å². The lowest BCUT2D eigenvalue weighted by Gasteiger charge is -2.26. The van der Waals surface area contributed by atoms with Gasteiger partial charge in [-0.05, 0) is 23.8 Å². The molecule has 2 aromatic rings. The van der Waals surface area contributed by atoms with Crippen molar-refractivity contribution in [1.29, 1.82) is 0 Å². The summed E-state index contributed by atoms with van der Waals surface area (Å²) in [6.07, 6.45) is 4.55. The highest BCUT2D eigenvalue weighted by Gasteiger charge is 2.31. The minimum atomic E-state index is -0.0181. The molecule has 0 aliphatic carbocycles. The summed E-state index contributed by atoms with van der Waals surface area (Å²) in [6.45, 7) is 0. The van der Waals surface area contributed by atoms with E-state index in [0.29, 0.717) is 0 Å². The number of nitrogens with one attached hydrogen (secondary N) is 1. The van der Waals surface area contributed by atoms with Crippen molar-refractivity contribution >= 4 is 5.69 Å². The van der Waals surface area contributed by atoms with Crippen molar-refractivity contribution < 1.29 is 0 Å². The molecular formula is C14H16N4. The van der Waals surface area contributed by atoms with Gasteiger partial charge in [-0.3, -0.25) is 9.99 Å². The summed E-state index contributed by atoms with van der Waals surface area (Å²) in [4.78, 5) is 4.19. The summed E-state index contributed by atoms with van der Waals surface area (Å²) in [5.41, 5.74) is 11.6. The second-order valence-corrected chi connectivity index (χ2v) is 4.48. The van der Waals surface area contributed by atoms with E-state index in [0.717, 1.165) is 12.1 Å². The summed E-state index contributed by atoms with van der Waals surface area (Å²) in [5, 5.41) is 2.13.